The van der Waals surface area contributed by atoms with Gasteiger partial charge in [-0.15, -0.1) is 0 Å². The van der Waals surface area contributed by atoms with Gasteiger partial charge in [-0.2, -0.15) is 0 Å². The molecule has 90 valence electrons. The first-order valence-electron chi connectivity index (χ1n) is 5.98. The Morgan fingerprint density at radius 3 is 3.35 bits per heavy atom. The molecule has 0 bridgehead atoms. The molecule has 3 rings (SSSR count). The third-order valence-electron chi connectivity index (χ3n) is 3.37. The van der Waals surface area contributed by atoms with Crippen molar-refractivity contribution in [3.05, 3.63) is 24.6 Å². The van der Waals surface area contributed by atoms with Crippen LogP contribution < -0.4 is 4.90 Å². The summed E-state index contributed by atoms with van der Waals surface area (Å²) in [6.07, 6.45) is 5.90. The van der Waals surface area contributed by atoms with E-state index < -0.39 is 0 Å². The maximum absolute atomic E-state index is 5.42. The number of furan rings is 1. The highest BCUT2D eigenvalue weighted by molar-refractivity contribution is 5.88. The summed E-state index contributed by atoms with van der Waals surface area (Å²) in [5.74, 6) is 1.02. The van der Waals surface area contributed by atoms with Crippen LogP contribution in [0.15, 0.2) is 29.0 Å². The van der Waals surface area contributed by atoms with Gasteiger partial charge in [0.15, 0.2) is 0 Å². The molecule has 2 aromatic heterocycles. The summed E-state index contributed by atoms with van der Waals surface area (Å²) in [6.45, 7) is 1.81. The minimum Gasteiger partial charge on any atom is -0.464 e. The molecule has 1 saturated heterocycles. The number of fused-ring (bicyclic) bond motifs is 1. The predicted molar refractivity (Wildman–Crippen MR) is 66.3 cm³/mol. The minimum absolute atomic E-state index is 0.438. The van der Waals surface area contributed by atoms with Gasteiger partial charge in [0.25, 0.3) is 0 Å². The molecule has 0 radical (unpaired) electrons. The van der Waals surface area contributed by atoms with Crippen molar-refractivity contribution in [2.45, 2.75) is 18.9 Å². The second-order valence-electron chi connectivity index (χ2n) is 4.41. The number of hydrogen-bond acceptors (Lipinski definition) is 4. The highest BCUT2D eigenvalue weighted by Crippen LogP contribution is 2.30. The van der Waals surface area contributed by atoms with Crippen LogP contribution >= 0.6 is 0 Å². The molecule has 1 aliphatic heterocycles. The van der Waals surface area contributed by atoms with E-state index in [1.54, 1.807) is 13.4 Å². The zero-order valence-electron chi connectivity index (χ0n) is 9.93. The number of rotatable bonds is 3. The Hall–Kier alpha value is -1.55. The van der Waals surface area contributed by atoms with Crippen molar-refractivity contribution in [3.8, 4) is 0 Å². The number of nitrogens with zero attached hydrogens (tertiary/aromatic N) is 2. The third kappa shape index (κ3) is 1.78. The summed E-state index contributed by atoms with van der Waals surface area (Å²) < 4.78 is 10.7. The summed E-state index contributed by atoms with van der Waals surface area (Å²) in [7, 11) is 1.75. The molecule has 4 nitrogen and oxygen atoms in total. The van der Waals surface area contributed by atoms with Crippen LogP contribution in [0.1, 0.15) is 12.8 Å². The fraction of sp³-hybridized carbons (Fsp3) is 0.462. The first kappa shape index (κ1) is 10.6. The third-order valence-corrected chi connectivity index (χ3v) is 3.37. The highest BCUT2D eigenvalue weighted by Gasteiger charge is 2.26. The zero-order valence-corrected chi connectivity index (χ0v) is 9.93. The molecule has 1 atom stereocenters. The van der Waals surface area contributed by atoms with Gasteiger partial charge in [0.2, 0.25) is 0 Å². The van der Waals surface area contributed by atoms with Crippen LogP contribution in [0.4, 0.5) is 5.82 Å². The van der Waals surface area contributed by atoms with Gasteiger partial charge in [0, 0.05) is 19.9 Å². The van der Waals surface area contributed by atoms with Crippen molar-refractivity contribution in [2.75, 3.05) is 25.2 Å². The van der Waals surface area contributed by atoms with E-state index in [0.717, 1.165) is 29.9 Å². The molecular weight excluding hydrogens is 216 g/mol. The first-order valence-corrected chi connectivity index (χ1v) is 5.98. The van der Waals surface area contributed by atoms with E-state index in [1.807, 2.05) is 18.3 Å². The molecular formula is C13H16N2O2. The molecule has 17 heavy (non-hydrogen) atoms. The Balaban J connectivity index is 1.99. The lowest BCUT2D eigenvalue weighted by Crippen LogP contribution is -2.33. The first-order chi connectivity index (χ1) is 8.40. The van der Waals surface area contributed by atoms with E-state index in [2.05, 4.69) is 9.88 Å². The number of aromatic nitrogens is 1. The van der Waals surface area contributed by atoms with E-state index in [0.29, 0.717) is 6.04 Å². The average Bonchev–Trinajstić information content (AvgIpc) is 2.96. The van der Waals surface area contributed by atoms with Crippen LogP contribution in [0.3, 0.4) is 0 Å². The Bertz CT molecular complexity index is 509. The second kappa shape index (κ2) is 4.37. The van der Waals surface area contributed by atoms with Gasteiger partial charge in [-0.1, -0.05) is 0 Å². The SMILES string of the molecule is COCC1CCCN1c1nccc2occc12. The largest absolute Gasteiger partial charge is 0.464 e. The molecule has 1 fully saturated rings. The van der Waals surface area contributed by atoms with Gasteiger partial charge in [0.05, 0.1) is 24.3 Å². The van der Waals surface area contributed by atoms with Crippen molar-refractivity contribution in [1.29, 1.82) is 0 Å². The lowest BCUT2D eigenvalue weighted by molar-refractivity contribution is 0.180. The lowest BCUT2D eigenvalue weighted by Gasteiger charge is -2.25. The number of hydrogen-bond donors (Lipinski definition) is 0. The summed E-state index contributed by atoms with van der Waals surface area (Å²) >= 11 is 0. The minimum atomic E-state index is 0.438. The van der Waals surface area contributed by atoms with E-state index in [1.165, 1.54) is 12.8 Å². The Morgan fingerprint density at radius 2 is 2.47 bits per heavy atom. The molecule has 3 heterocycles. The van der Waals surface area contributed by atoms with Crippen LogP contribution in [0.25, 0.3) is 11.0 Å². The molecule has 0 aromatic carbocycles. The van der Waals surface area contributed by atoms with Gasteiger partial charge < -0.3 is 14.1 Å². The summed E-state index contributed by atoms with van der Waals surface area (Å²) in [5, 5.41) is 1.09. The van der Waals surface area contributed by atoms with Crippen LogP contribution in [-0.4, -0.2) is 31.3 Å². The van der Waals surface area contributed by atoms with Crippen LogP contribution in [0.2, 0.25) is 0 Å². The van der Waals surface area contributed by atoms with E-state index in [-0.39, 0.29) is 0 Å². The van der Waals surface area contributed by atoms with Gasteiger partial charge in [-0.05, 0) is 25.0 Å². The topological polar surface area (TPSA) is 38.5 Å². The van der Waals surface area contributed by atoms with E-state index in [9.17, 15) is 0 Å². The van der Waals surface area contributed by atoms with Crippen LogP contribution in [0.5, 0.6) is 0 Å². The molecule has 0 N–H and O–H groups in total. The molecule has 0 amide bonds. The molecule has 4 heteroatoms. The summed E-state index contributed by atoms with van der Waals surface area (Å²) in [4.78, 5) is 6.84. The predicted octanol–water partition coefficient (Wildman–Crippen LogP) is 2.44. The molecule has 1 unspecified atom stereocenters. The number of anilines is 1. The molecule has 0 saturated carbocycles. The number of ether oxygens (including phenoxy) is 1. The van der Waals surface area contributed by atoms with Crippen molar-refractivity contribution >= 4 is 16.8 Å². The zero-order chi connectivity index (χ0) is 11.7. The Kier molecular flexibility index (Phi) is 2.73. The lowest BCUT2D eigenvalue weighted by atomic mass is 10.2. The smallest absolute Gasteiger partial charge is 0.140 e. The second-order valence-corrected chi connectivity index (χ2v) is 4.41. The average molecular weight is 232 g/mol. The highest BCUT2D eigenvalue weighted by atomic mass is 16.5. The molecule has 0 spiro atoms. The molecule has 1 aliphatic rings. The fourth-order valence-corrected chi connectivity index (χ4v) is 2.59. The molecule has 2 aromatic rings. The fourth-order valence-electron chi connectivity index (χ4n) is 2.59. The Morgan fingerprint density at radius 1 is 1.53 bits per heavy atom. The van der Waals surface area contributed by atoms with Crippen LogP contribution in [-0.2, 0) is 4.74 Å². The van der Waals surface area contributed by atoms with E-state index in [4.69, 9.17) is 9.15 Å². The molecule has 0 aliphatic carbocycles. The quantitative estimate of drug-likeness (QED) is 0.814. The van der Waals surface area contributed by atoms with Crippen molar-refractivity contribution in [3.63, 3.8) is 0 Å². The summed E-state index contributed by atoms with van der Waals surface area (Å²) in [5.41, 5.74) is 0.901. The van der Waals surface area contributed by atoms with Crippen molar-refractivity contribution in [2.24, 2.45) is 0 Å². The van der Waals surface area contributed by atoms with Crippen molar-refractivity contribution in [1.82, 2.24) is 4.98 Å². The Labute approximate surface area is 100 Å². The standard InChI is InChI=1S/C13H16N2O2/c1-16-9-10-3-2-7-15(10)13-11-5-8-17-12(11)4-6-14-13/h4-6,8,10H,2-3,7,9H2,1H3. The van der Waals surface area contributed by atoms with Gasteiger partial charge >= 0.3 is 0 Å². The van der Waals surface area contributed by atoms with Gasteiger partial charge in [-0.3, -0.25) is 0 Å². The summed E-state index contributed by atoms with van der Waals surface area (Å²) in [6, 6.07) is 4.33. The van der Waals surface area contributed by atoms with Gasteiger partial charge in [0.1, 0.15) is 11.4 Å². The maximum Gasteiger partial charge on any atom is 0.140 e. The monoisotopic (exact) mass is 232 g/mol. The van der Waals surface area contributed by atoms with E-state index >= 15 is 0 Å². The maximum atomic E-state index is 5.42. The normalized spacial score (nSPS) is 20.3. The van der Waals surface area contributed by atoms with Crippen LogP contribution in [0, 0.1) is 0 Å². The van der Waals surface area contributed by atoms with Crippen molar-refractivity contribution < 1.29 is 9.15 Å². The number of methoxy groups -OCH3 is 1. The number of pyridine rings is 1. The van der Waals surface area contributed by atoms with Gasteiger partial charge in [-0.25, -0.2) is 4.98 Å².